The summed E-state index contributed by atoms with van der Waals surface area (Å²) in [5, 5.41) is 0.281. The van der Waals surface area contributed by atoms with E-state index in [9.17, 15) is 17.6 Å². The lowest BCUT2D eigenvalue weighted by molar-refractivity contribution is 0.0353. The van der Waals surface area contributed by atoms with E-state index in [4.69, 9.17) is 16.3 Å². The molecule has 2 fully saturated rings. The molecule has 1 aromatic carbocycles. The van der Waals surface area contributed by atoms with E-state index in [2.05, 4.69) is 4.90 Å². The summed E-state index contributed by atoms with van der Waals surface area (Å²) >= 11 is 5.88. The van der Waals surface area contributed by atoms with Crippen LogP contribution in [0.2, 0.25) is 5.02 Å². The van der Waals surface area contributed by atoms with Crippen molar-refractivity contribution in [1.82, 2.24) is 14.1 Å². The molecule has 0 saturated carbocycles. The first-order valence-corrected chi connectivity index (χ1v) is 11.5. The van der Waals surface area contributed by atoms with Crippen molar-refractivity contribution in [1.29, 1.82) is 0 Å². The molecule has 10 heteroatoms. The van der Waals surface area contributed by atoms with E-state index in [0.717, 1.165) is 19.2 Å². The van der Waals surface area contributed by atoms with Gasteiger partial charge in [0.15, 0.2) is 0 Å². The van der Waals surface area contributed by atoms with Crippen LogP contribution in [-0.4, -0.2) is 93.2 Å². The molecule has 1 atom stereocenters. The van der Waals surface area contributed by atoms with Crippen molar-refractivity contribution in [2.24, 2.45) is 0 Å². The highest BCUT2D eigenvalue weighted by molar-refractivity contribution is 7.88. The van der Waals surface area contributed by atoms with E-state index in [1.165, 1.54) is 27.6 Å². The van der Waals surface area contributed by atoms with Gasteiger partial charge in [-0.15, -0.1) is 0 Å². The predicted molar refractivity (Wildman–Crippen MR) is 105 cm³/mol. The first-order chi connectivity index (χ1) is 13.3. The minimum Gasteiger partial charge on any atom is -0.379 e. The van der Waals surface area contributed by atoms with Crippen molar-refractivity contribution < 1.29 is 22.3 Å². The van der Waals surface area contributed by atoms with Gasteiger partial charge in [-0.25, -0.2) is 12.8 Å². The highest BCUT2D eigenvalue weighted by Gasteiger charge is 2.35. The van der Waals surface area contributed by atoms with Gasteiger partial charge in [0.05, 0.1) is 25.0 Å². The zero-order valence-corrected chi connectivity index (χ0v) is 17.4. The molecule has 2 heterocycles. The average molecular weight is 434 g/mol. The molecule has 0 bridgehead atoms. The molecule has 0 radical (unpaired) electrons. The monoisotopic (exact) mass is 433 g/mol. The van der Waals surface area contributed by atoms with Gasteiger partial charge in [0.1, 0.15) is 5.82 Å². The van der Waals surface area contributed by atoms with Crippen LogP contribution in [0.15, 0.2) is 18.2 Å². The van der Waals surface area contributed by atoms with E-state index in [-0.39, 0.29) is 23.2 Å². The summed E-state index contributed by atoms with van der Waals surface area (Å²) in [6, 6.07) is 3.53. The van der Waals surface area contributed by atoms with Crippen LogP contribution in [0.3, 0.4) is 0 Å². The van der Waals surface area contributed by atoms with E-state index < -0.39 is 21.7 Å². The van der Waals surface area contributed by atoms with Gasteiger partial charge in [-0.05, 0) is 24.6 Å². The molecule has 2 aliphatic rings. The topological polar surface area (TPSA) is 70.2 Å². The number of sulfonamides is 1. The Morgan fingerprint density at radius 3 is 2.71 bits per heavy atom. The molecular formula is C18H25ClFN3O4S. The second kappa shape index (κ2) is 9.04. The van der Waals surface area contributed by atoms with Crippen LogP contribution in [0.5, 0.6) is 0 Å². The molecule has 3 rings (SSSR count). The summed E-state index contributed by atoms with van der Waals surface area (Å²) in [5.41, 5.74) is -0.0904. The Balaban J connectivity index is 1.66. The second-order valence-electron chi connectivity index (χ2n) is 7.15. The normalized spacial score (nSPS) is 21.4. The van der Waals surface area contributed by atoms with Gasteiger partial charge in [0.2, 0.25) is 10.0 Å². The first-order valence-electron chi connectivity index (χ1n) is 9.27. The number of benzene rings is 1. The maximum atomic E-state index is 14.0. The molecule has 1 amide bonds. The smallest absolute Gasteiger partial charge is 0.256 e. The quantitative estimate of drug-likeness (QED) is 0.676. The molecule has 7 nitrogen and oxygen atoms in total. The van der Waals surface area contributed by atoms with Crippen LogP contribution in [0.1, 0.15) is 16.8 Å². The second-order valence-corrected chi connectivity index (χ2v) is 9.52. The van der Waals surface area contributed by atoms with Crippen LogP contribution in [0.4, 0.5) is 4.39 Å². The van der Waals surface area contributed by atoms with Crippen LogP contribution in [-0.2, 0) is 14.8 Å². The average Bonchev–Trinajstić information content (AvgIpc) is 3.12. The number of rotatable bonds is 6. The summed E-state index contributed by atoms with van der Waals surface area (Å²) in [6.07, 6.45) is 1.71. The maximum absolute atomic E-state index is 14.0. The molecule has 156 valence electrons. The number of ether oxygens (including phenoxy) is 1. The zero-order chi connectivity index (χ0) is 20.3. The number of nitrogens with zero attached hydrogens (tertiary/aromatic N) is 3. The molecule has 2 aliphatic heterocycles. The summed E-state index contributed by atoms with van der Waals surface area (Å²) in [5.74, 6) is -1.10. The lowest BCUT2D eigenvalue weighted by atomic mass is 10.2. The molecule has 2 saturated heterocycles. The van der Waals surface area contributed by atoms with Crippen LogP contribution >= 0.6 is 11.6 Å². The van der Waals surface area contributed by atoms with Crippen molar-refractivity contribution in [2.75, 3.05) is 58.7 Å². The fourth-order valence-corrected chi connectivity index (χ4v) is 4.98. The highest BCUT2D eigenvalue weighted by atomic mass is 35.5. The Kier molecular flexibility index (Phi) is 6.93. The van der Waals surface area contributed by atoms with E-state index in [1.54, 1.807) is 0 Å². The van der Waals surface area contributed by atoms with Crippen molar-refractivity contribution >= 4 is 27.5 Å². The number of morpholine rings is 1. The van der Waals surface area contributed by atoms with Crippen molar-refractivity contribution in [3.63, 3.8) is 0 Å². The standard InChI is InChI=1S/C18H25ClFN3O4S/c1-28(25,26)23(7-6-21-8-10-27-11-9-21)15-4-5-22(13-15)18(24)16-12-14(19)2-3-17(16)20/h2-3,12,15H,4-11,13H2,1H3. The van der Waals surface area contributed by atoms with E-state index in [0.29, 0.717) is 39.3 Å². The number of amides is 1. The largest absolute Gasteiger partial charge is 0.379 e. The molecule has 28 heavy (non-hydrogen) atoms. The molecule has 0 aliphatic carbocycles. The van der Waals surface area contributed by atoms with Gasteiger partial charge in [-0.1, -0.05) is 11.6 Å². The van der Waals surface area contributed by atoms with Crippen LogP contribution in [0, 0.1) is 5.82 Å². The summed E-state index contributed by atoms with van der Waals surface area (Å²) in [6.45, 7) is 4.44. The minimum atomic E-state index is -3.44. The predicted octanol–water partition coefficient (Wildman–Crippen LogP) is 1.29. The fraction of sp³-hybridized carbons (Fsp3) is 0.611. The van der Waals surface area contributed by atoms with Crippen molar-refractivity contribution in [3.8, 4) is 0 Å². The van der Waals surface area contributed by atoms with Crippen molar-refractivity contribution in [2.45, 2.75) is 12.5 Å². The Hall–Kier alpha value is -1.26. The SMILES string of the molecule is CS(=O)(=O)N(CCN1CCOCC1)C1CCN(C(=O)c2cc(Cl)ccc2F)C1. The third-order valence-corrected chi connectivity index (χ3v) is 6.75. The van der Waals surface area contributed by atoms with Crippen LogP contribution in [0.25, 0.3) is 0 Å². The zero-order valence-electron chi connectivity index (χ0n) is 15.8. The summed E-state index contributed by atoms with van der Waals surface area (Å²) in [4.78, 5) is 16.3. The van der Waals surface area contributed by atoms with Gasteiger partial charge < -0.3 is 9.64 Å². The van der Waals surface area contributed by atoms with Gasteiger partial charge >= 0.3 is 0 Å². The van der Waals surface area contributed by atoms with Crippen molar-refractivity contribution in [3.05, 3.63) is 34.6 Å². The maximum Gasteiger partial charge on any atom is 0.256 e. The highest BCUT2D eigenvalue weighted by Crippen LogP contribution is 2.23. The third-order valence-electron chi connectivity index (χ3n) is 5.18. The first kappa shape index (κ1) is 21.4. The molecular weight excluding hydrogens is 409 g/mol. The summed E-state index contributed by atoms with van der Waals surface area (Å²) < 4.78 is 45.5. The number of carbonyl (C=O) groups excluding carboxylic acids is 1. The number of hydrogen-bond acceptors (Lipinski definition) is 5. The van der Waals surface area contributed by atoms with E-state index in [1.807, 2.05) is 0 Å². The number of likely N-dealkylation sites (tertiary alicyclic amines) is 1. The number of carbonyl (C=O) groups is 1. The van der Waals surface area contributed by atoms with Gasteiger partial charge in [0, 0.05) is 50.3 Å². The minimum absolute atomic E-state index is 0.0904. The Morgan fingerprint density at radius 2 is 2.04 bits per heavy atom. The number of halogens is 2. The van der Waals surface area contributed by atoms with Crippen LogP contribution < -0.4 is 0 Å². The third kappa shape index (κ3) is 5.21. The van der Waals surface area contributed by atoms with Gasteiger partial charge in [-0.3, -0.25) is 9.69 Å². The van der Waals surface area contributed by atoms with Gasteiger partial charge in [-0.2, -0.15) is 4.31 Å². The molecule has 0 N–H and O–H groups in total. The molecule has 0 spiro atoms. The molecule has 0 aromatic heterocycles. The lowest BCUT2D eigenvalue weighted by Crippen LogP contribution is -2.47. The Bertz CT molecular complexity index is 817. The molecule has 1 unspecified atom stereocenters. The van der Waals surface area contributed by atoms with E-state index >= 15 is 0 Å². The number of hydrogen-bond donors (Lipinski definition) is 0. The summed E-state index contributed by atoms with van der Waals surface area (Å²) in [7, 11) is -3.44. The van der Waals surface area contributed by atoms with Gasteiger partial charge in [0.25, 0.3) is 5.91 Å². The Labute approximate surface area is 170 Å². The lowest BCUT2D eigenvalue weighted by Gasteiger charge is -2.31. The Morgan fingerprint density at radius 1 is 1.32 bits per heavy atom. The fourth-order valence-electron chi connectivity index (χ4n) is 3.68. The molecule has 1 aromatic rings.